The van der Waals surface area contributed by atoms with Gasteiger partial charge in [0, 0.05) is 29.9 Å². The molecule has 14 heavy (non-hydrogen) atoms. The Balaban J connectivity index is 4.32. The lowest BCUT2D eigenvalue weighted by Crippen LogP contribution is -2.25. The van der Waals surface area contributed by atoms with Crippen LogP contribution in [0.25, 0.3) is 0 Å². The van der Waals surface area contributed by atoms with Crippen molar-refractivity contribution in [3.8, 4) is 0 Å². The number of rotatable bonds is 3. The maximum atomic E-state index is 11.8. The van der Waals surface area contributed by atoms with Crippen molar-refractivity contribution in [3.63, 3.8) is 0 Å². The molecule has 0 aliphatic rings. The van der Waals surface area contributed by atoms with Gasteiger partial charge in [0.25, 0.3) is 0 Å². The summed E-state index contributed by atoms with van der Waals surface area (Å²) in [6.07, 6.45) is 0. The SMILES string of the molecule is CC(C)N(SC(F)(F)F)SC(F)(F)F. The molecule has 86 valence electrons. The molecule has 0 aliphatic heterocycles. The smallest absolute Gasteiger partial charge is 0.177 e. The van der Waals surface area contributed by atoms with Crippen LogP contribution >= 0.6 is 23.9 Å². The van der Waals surface area contributed by atoms with Crippen LogP contribution in [-0.2, 0) is 0 Å². The van der Waals surface area contributed by atoms with Gasteiger partial charge in [0.1, 0.15) is 0 Å². The van der Waals surface area contributed by atoms with Gasteiger partial charge >= 0.3 is 11.0 Å². The quantitative estimate of drug-likeness (QED) is 0.556. The Morgan fingerprint density at radius 1 is 0.857 bits per heavy atom. The van der Waals surface area contributed by atoms with Crippen LogP contribution in [0.2, 0.25) is 0 Å². The molecule has 0 rings (SSSR count). The molecule has 0 aliphatic carbocycles. The second kappa shape index (κ2) is 4.84. The monoisotopic (exact) mass is 259 g/mol. The maximum Gasteiger partial charge on any atom is 0.457 e. The van der Waals surface area contributed by atoms with E-state index in [9.17, 15) is 26.3 Å². The molecule has 0 bridgehead atoms. The lowest BCUT2D eigenvalue weighted by atomic mass is 10.4. The lowest BCUT2D eigenvalue weighted by molar-refractivity contribution is -0.0389. The second-order valence-corrected chi connectivity index (χ2v) is 4.76. The summed E-state index contributed by atoms with van der Waals surface area (Å²) in [7, 11) is 0. The van der Waals surface area contributed by atoms with Crippen LogP contribution in [0.3, 0.4) is 0 Å². The molecule has 0 fully saturated rings. The van der Waals surface area contributed by atoms with E-state index >= 15 is 0 Å². The molecule has 0 radical (unpaired) electrons. The van der Waals surface area contributed by atoms with E-state index in [-0.39, 0.29) is 3.71 Å². The summed E-state index contributed by atoms with van der Waals surface area (Å²) in [5.74, 6) is 0. The van der Waals surface area contributed by atoms with Crippen molar-refractivity contribution in [3.05, 3.63) is 0 Å². The molecular formula is C5H7F6NS2. The number of halogens is 6. The molecule has 0 heterocycles. The van der Waals surface area contributed by atoms with Gasteiger partial charge in [-0.1, -0.05) is 0 Å². The molecule has 0 spiro atoms. The lowest BCUT2D eigenvalue weighted by Gasteiger charge is -2.24. The summed E-state index contributed by atoms with van der Waals surface area (Å²) in [6.45, 7) is 2.50. The second-order valence-electron chi connectivity index (χ2n) is 2.45. The van der Waals surface area contributed by atoms with E-state index in [0.717, 1.165) is 0 Å². The van der Waals surface area contributed by atoms with Crippen molar-refractivity contribution in [2.24, 2.45) is 0 Å². The molecule has 0 amide bonds. The van der Waals surface area contributed by atoms with E-state index in [1.807, 2.05) is 0 Å². The standard InChI is InChI=1S/C5H7F6NS2/c1-3(2)12(13-4(6,7)8)14-5(9,10)11/h3H,1-2H3. The van der Waals surface area contributed by atoms with Crippen LogP contribution in [0.15, 0.2) is 0 Å². The van der Waals surface area contributed by atoms with Crippen LogP contribution in [0.1, 0.15) is 13.8 Å². The van der Waals surface area contributed by atoms with E-state index in [0.29, 0.717) is 0 Å². The molecule has 0 unspecified atom stereocenters. The third kappa shape index (κ3) is 7.63. The molecule has 0 N–H and O–H groups in total. The molecule has 0 atom stereocenters. The Labute approximate surface area is 85.5 Å². The third-order valence-corrected chi connectivity index (χ3v) is 2.87. The summed E-state index contributed by atoms with van der Waals surface area (Å²) in [5, 5.41) is 0. The van der Waals surface area contributed by atoms with E-state index < -0.39 is 41.0 Å². The average molecular weight is 259 g/mol. The summed E-state index contributed by atoms with van der Waals surface area (Å²) in [6, 6.07) is -0.867. The first-order valence-electron chi connectivity index (χ1n) is 3.32. The van der Waals surface area contributed by atoms with Gasteiger partial charge in [-0.2, -0.15) is 30.1 Å². The van der Waals surface area contributed by atoms with Crippen molar-refractivity contribution < 1.29 is 26.3 Å². The van der Waals surface area contributed by atoms with Gasteiger partial charge in [0.05, 0.1) is 0 Å². The molecule has 9 heteroatoms. The van der Waals surface area contributed by atoms with Gasteiger partial charge in [-0.25, -0.2) is 0 Å². The highest BCUT2D eigenvalue weighted by molar-refractivity contribution is 8.12. The summed E-state index contributed by atoms with van der Waals surface area (Å²) in [4.78, 5) is 0. The fraction of sp³-hybridized carbons (Fsp3) is 1.00. The van der Waals surface area contributed by atoms with Gasteiger partial charge in [-0.3, -0.25) is 0 Å². The van der Waals surface area contributed by atoms with Gasteiger partial charge < -0.3 is 0 Å². The Bertz CT molecular complexity index is 160. The van der Waals surface area contributed by atoms with E-state index in [4.69, 9.17) is 0 Å². The van der Waals surface area contributed by atoms with Crippen molar-refractivity contribution in [1.82, 2.24) is 3.71 Å². The Kier molecular flexibility index (Phi) is 4.93. The van der Waals surface area contributed by atoms with Crippen LogP contribution in [0.4, 0.5) is 26.3 Å². The van der Waals surface area contributed by atoms with Gasteiger partial charge in [-0.15, -0.1) is 0 Å². The molecule has 0 aromatic rings. The number of alkyl halides is 6. The predicted octanol–water partition coefficient (Wildman–Crippen LogP) is 4.03. The summed E-state index contributed by atoms with van der Waals surface area (Å²) < 4.78 is 70.9. The molecule has 1 nitrogen and oxygen atoms in total. The zero-order valence-electron chi connectivity index (χ0n) is 7.11. The average Bonchev–Trinajstić information content (AvgIpc) is 1.78. The van der Waals surface area contributed by atoms with Crippen LogP contribution < -0.4 is 0 Å². The van der Waals surface area contributed by atoms with Crippen LogP contribution in [0.5, 0.6) is 0 Å². The maximum absolute atomic E-state index is 11.8. The molecule has 0 saturated carbocycles. The number of hydrogen-bond acceptors (Lipinski definition) is 3. The Morgan fingerprint density at radius 2 is 1.14 bits per heavy atom. The zero-order chi connectivity index (χ0) is 11.6. The normalized spacial score (nSPS) is 14.1. The highest BCUT2D eigenvalue weighted by atomic mass is 32.2. The van der Waals surface area contributed by atoms with Crippen molar-refractivity contribution in [2.75, 3.05) is 0 Å². The first kappa shape index (κ1) is 14.2. The van der Waals surface area contributed by atoms with E-state index in [2.05, 4.69) is 0 Å². The number of nitrogens with zero attached hydrogens (tertiary/aromatic N) is 1. The predicted molar refractivity (Wildman–Crippen MR) is 44.3 cm³/mol. The minimum Gasteiger partial charge on any atom is -0.177 e. The zero-order valence-corrected chi connectivity index (χ0v) is 8.74. The fourth-order valence-electron chi connectivity index (χ4n) is 0.433. The fourth-order valence-corrected chi connectivity index (χ4v) is 1.92. The first-order valence-corrected chi connectivity index (χ1v) is 4.87. The van der Waals surface area contributed by atoms with Crippen LogP contribution in [0, 0.1) is 0 Å². The van der Waals surface area contributed by atoms with E-state index in [1.54, 1.807) is 0 Å². The Hall–Kier alpha value is 0.240. The van der Waals surface area contributed by atoms with Crippen molar-refractivity contribution in [2.45, 2.75) is 30.9 Å². The van der Waals surface area contributed by atoms with Gasteiger partial charge in [0.2, 0.25) is 0 Å². The summed E-state index contributed by atoms with van der Waals surface area (Å²) >= 11 is -1.57. The minimum absolute atomic E-state index is 0.167. The molecule has 0 aromatic carbocycles. The largest absolute Gasteiger partial charge is 0.457 e. The molecule has 0 aromatic heterocycles. The third-order valence-electron chi connectivity index (χ3n) is 0.809. The van der Waals surface area contributed by atoms with Crippen molar-refractivity contribution in [1.29, 1.82) is 0 Å². The van der Waals surface area contributed by atoms with Gasteiger partial charge in [-0.05, 0) is 13.8 Å². The topological polar surface area (TPSA) is 3.24 Å². The minimum atomic E-state index is -4.71. The molecule has 0 saturated heterocycles. The Morgan fingerprint density at radius 3 is 1.29 bits per heavy atom. The van der Waals surface area contributed by atoms with E-state index in [1.165, 1.54) is 13.8 Å². The highest BCUT2D eigenvalue weighted by Crippen LogP contribution is 2.44. The highest BCUT2D eigenvalue weighted by Gasteiger charge is 2.40. The first-order chi connectivity index (χ1) is 6.01. The van der Waals surface area contributed by atoms with Crippen LogP contribution in [-0.4, -0.2) is 20.8 Å². The number of hydrogen-bond donors (Lipinski definition) is 0. The summed E-state index contributed by atoms with van der Waals surface area (Å²) in [5.41, 5.74) is -9.41. The molecular weight excluding hydrogens is 252 g/mol. The van der Waals surface area contributed by atoms with Gasteiger partial charge in [0.15, 0.2) is 0 Å². The van der Waals surface area contributed by atoms with Crippen molar-refractivity contribution >= 4 is 23.9 Å².